The third kappa shape index (κ3) is 4.07. The zero-order valence-electron chi connectivity index (χ0n) is 8.09. The van der Waals surface area contributed by atoms with Crippen LogP contribution in [0.3, 0.4) is 0 Å². The van der Waals surface area contributed by atoms with Crippen LogP contribution in [0.15, 0.2) is 0 Å². The normalized spacial score (nSPS) is 22.7. The number of carbonyl (C=O) groups is 1. The van der Waals surface area contributed by atoms with Crippen molar-refractivity contribution < 1.29 is 4.79 Å². The first-order chi connectivity index (χ1) is 6.33. The highest BCUT2D eigenvalue weighted by molar-refractivity contribution is 5.79. The first-order valence-corrected chi connectivity index (χ1v) is 5.21. The highest BCUT2D eigenvalue weighted by Gasteiger charge is 2.18. The summed E-state index contributed by atoms with van der Waals surface area (Å²) in [6.45, 7) is 0. The van der Waals surface area contributed by atoms with Crippen LogP contribution in [0.4, 0.5) is 0 Å². The molecule has 0 radical (unpaired) electrons. The van der Waals surface area contributed by atoms with Crippen molar-refractivity contribution in [2.45, 2.75) is 51.4 Å². The molecule has 0 bridgehead atoms. The fourth-order valence-corrected chi connectivity index (χ4v) is 2.00. The molecular weight excluding hydrogens is 162 g/mol. The van der Waals surface area contributed by atoms with Gasteiger partial charge in [-0.25, -0.2) is 0 Å². The SMILES string of the molecule is N#CCCCC[C@H]1CCCC(=O)C1. The van der Waals surface area contributed by atoms with Gasteiger partial charge >= 0.3 is 0 Å². The molecule has 1 aliphatic rings. The fourth-order valence-electron chi connectivity index (χ4n) is 2.00. The van der Waals surface area contributed by atoms with Gasteiger partial charge in [-0.1, -0.05) is 6.42 Å². The lowest BCUT2D eigenvalue weighted by Gasteiger charge is -2.20. The lowest BCUT2D eigenvalue weighted by Crippen LogP contribution is -2.14. The molecule has 1 atom stereocenters. The molecule has 1 rings (SSSR count). The van der Waals surface area contributed by atoms with E-state index in [1.165, 1.54) is 6.42 Å². The first kappa shape index (κ1) is 10.2. The van der Waals surface area contributed by atoms with E-state index in [0.717, 1.165) is 38.5 Å². The van der Waals surface area contributed by atoms with Crippen molar-refractivity contribution in [2.75, 3.05) is 0 Å². The van der Waals surface area contributed by atoms with Gasteiger partial charge in [0, 0.05) is 19.3 Å². The molecule has 0 heterocycles. The maximum atomic E-state index is 11.1. The van der Waals surface area contributed by atoms with E-state index in [1.54, 1.807) is 0 Å². The van der Waals surface area contributed by atoms with Crippen LogP contribution in [0.25, 0.3) is 0 Å². The van der Waals surface area contributed by atoms with Crippen LogP contribution in [0, 0.1) is 17.2 Å². The molecule has 72 valence electrons. The van der Waals surface area contributed by atoms with Crippen LogP contribution in [0.2, 0.25) is 0 Å². The number of rotatable bonds is 4. The minimum Gasteiger partial charge on any atom is -0.300 e. The Labute approximate surface area is 79.9 Å². The molecule has 1 fully saturated rings. The lowest BCUT2D eigenvalue weighted by molar-refractivity contribution is -0.121. The van der Waals surface area contributed by atoms with E-state index < -0.39 is 0 Å². The monoisotopic (exact) mass is 179 g/mol. The molecule has 2 nitrogen and oxygen atoms in total. The van der Waals surface area contributed by atoms with Crippen LogP contribution in [0.1, 0.15) is 51.4 Å². The molecule has 13 heavy (non-hydrogen) atoms. The van der Waals surface area contributed by atoms with E-state index in [4.69, 9.17) is 5.26 Å². The van der Waals surface area contributed by atoms with Crippen LogP contribution in [0.5, 0.6) is 0 Å². The topological polar surface area (TPSA) is 40.9 Å². The molecule has 0 aromatic heterocycles. The Morgan fingerprint density at radius 2 is 2.31 bits per heavy atom. The zero-order valence-corrected chi connectivity index (χ0v) is 8.09. The number of carbonyl (C=O) groups excluding carboxylic acids is 1. The van der Waals surface area contributed by atoms with Gasteiger partial charge in [-0.3, -0.25) is 4.79 Å². The molecule has 0 aliphatic heterocycles. The average molecular weight is 179 g/mol. The number of nitriles is 1. The summed E-state index contributed by atoms with van der Waals surface area (Å²) in [4.78, 5) is 11.1. The predicted molar refractivity (Wildman–Crippen MR) is 51.0 cm³/mol. The number of unbranched alkanes of at least 4 members (excludes halogenated alkanes) is 2. The second-order valence-electron chi connectivity index (χ2n) is 3.90. The van der Waals surface area contributed by atoms with Crippen molar-refractivity contribution in [2.24, 2.45) is 5.92 Å². The summed E-state index contributed by atoms with van der Waals surface area (Å²) in [6, 6.07) is 2.15. The van der Waals surface area contributed by atoms with Gasteiger partial charge in [-0.2, -0.15) is 5.26 Å². The maximum Gasteiger partial charge on any atom is 0.133 e. The van der Waals surface area contributed by atoms with Gasteiger partial charge in [0.15, 0.2) is 0 Å². The second-order valence-corrected chi connectivity index (χ2v) is 3.90. The number of nitrogens with zero attached hydrogens (tertiary/aromatic N) is 1. The summed E-state index contributed by atoms with van der Waals surface area (Å²) in [7, 11) is 0. The molecular formula is C11H17NO. The standard InChI is InChI=1S/C11H17NO/c12-8-3-1-2-5-10-6-4-7-11(13)9-10/h10H,1-7,9H2/t10-/m0/s1. The number of ketones is 1. The largest absolute Gasteiger partial charge is 0.300 e. The van der Waals surface area contributed by atoms with Crippen molar-refractivity contribution >= 4 is 5.78 Å². The van der Waals surface area contributed by atoms with Crippen molar-refractivity contribution in [3.8, 4) is 6.07 Å². The Morgan fingerprint density at radius 1 is 1.46 bits per heavy atom. The summed E-state index contributed by atoms with van der Waals surface area (Å²) in [6.07, 6.45) is 7.84. The molecule has 2 heteroatoms. The van der Waals surface area contributed by atoms with E-state index in [0.29, 0.717) is 18.1 Å². The molecule has 1 saturated carbocycles. The van der Waals surface area contributed by atoms with Gasteiger partial charge in [0.25, 0.3) is 0 Å². The summed E-state index contributed by atoms with van der Waals surface area (Å²) in [5.41, 5.74) is 0. The van der Waals surface area contributed by atoms with Crippen molar-refractivity contribution in [1.29, 1.82) is 5.26 Å². The van der Waals surface area contributed by atoms with Gasteiger partial charge < -0.3 is 0 Å². The van der Waals surface area contributed by atoms with Crippen LogP contribution >= 0.6 is 0 Å². The molecule has 0 aromatic carbocycles. The molecule has 0 spiro atoms. The van der Waals surface area contributed by atoms with Crippen molar-refractivity contribution in [1.82, 2.24) is 0 Å². The van der Waals surface area contributed by atoms with Crippen molar-refractivity contribution in [3.05, 3.63) is 0 Å². The van der Waals surface area contributed by atoms with Crippen LogP contribution in [-0.4, -0.2) is 5.78 Å². The van der Waals surface area contributed by atoms with Gasteiger partial charge in [0.1, 0.15) is 5.78 Å². The van der Waals surface area contributed by atoms with Gasteiger partial charge in [0.2, 0.25) is 0 Å². The number of Topliss-reactive ketones (excluding diaryl/α,β-unsaturated/α-hetero) is 1. The summed E-state index contributed by atoms with van der Waals surface area (Å²) >= 11 is 0. The summed E-state index contributed by atoms with van der Waals surface area (Å²) in [5, 5.41) is 8.34. The van der Waals surface area contributed by atoms with E-state index in [9.17, 15) is 4.79 Å². The highest BCUT2D eigenvalue weighted by atomic mass is 16.1. The van der Waals surface area contributed by atoms with E-state index in [-0.39, 0.29) is 0 Å². The van der Waals surface area contributed by atoms with Crippen LogP contribution in [-0.2, 0) is 4.79 Å². The van der Waals surface area contributed by atoms with Crippen molar-refractivity contribution in [3.63, 3.8) is 0 Å². The highest BCUT2D eigenvalue weighted by Crippen LogP contribution is 2.25. The minimum atomic E-state index is 0.441. The Balaban J connectivity index is 2.07. The van der Waals surface area contributed by atoms with Crippen LogP contribution < -0.4 is 0 Å². The Morgan fingerprint density at radius 3 is 3.00 bits per heavy atom. The Bertz CT molecular complexity index is 205. The maximum absolute atomic E-state index is 11.1. The van der Waals surface area contributed by atoms with Gasteiger partial charge in [-0.15, -0.1) is 0 Å². The fraction of sp³-hybridized carbons (Fsp3) is 0.818. The van der Waals surface area contributed by atoms with E-state index in [1.807, 2.05) is 0 Å². The smallest absolute Gasteiger partial charge is 0.133 e. The second kappa shape index (κ2) is 5.75. The van der Waals surface area contributed by atoms with Gasteiger partial charge in [-0.05, 0) is 31.6 Å². The lowest BCUT2D eigenvalue weighted by atomic mass is 9.85. The molecule has 0 saturated heterocycles. The molecule has 0 amide bonds. The summed E-state index contributed by atoms with van der Waals surface area (Å²) < 4.78 is 0. The number of hydrogen-bond acceptors (Lipinski definition) is 2. The zero-order chi connectivity index (χ0) is 9.52. The number of hydrogen-bond donors (Lipinski definition) is 0. The molecule has 1 aliphatic carbocycles. The van der Waals surface area contributed by atoms with Gasteiger partial charge in [0.05, 0.1) is 6.07 Å². The minimum absolute atomic E-state index is 0.441. The third-order valence-corrected chi connectivity index (χ3v) is 2.74. The summed E-state index contributed by atoms with van der Waals surface area (Å²) in [5.74, 6) is 1.07. The van der Waals surface area contributed by atoms with E-state index >= 15 is 0 Å². The Kier molecular flexibility index (Phi) is 4.53. The third-order valence-electron chi connectivity index (χ3n) is 2.74. The Hall–Kier alpha value is -0.840. The molecule has 0 aromatic rings. The quantitative estimate of drug-likeness (QED) is 0.622. The average Bonchev–Trinajstić information content (AvgIpc) is 2.13. The molecule has 0 N–H and O–H groups in total. The first-order valence-electron chi connectivity index (χ1n) is 5.21. The molecule has 0 unspecified atom stereocenters. The van der Waals surface area contributed by atoms with E-state index in [2.05, 4.69) is 6.07 Å². The predicted octanol–water partition coefficient (Wildman–Crippen LogP) is 2.83.